The van der Waals surface area contributed by atoms with Crippen LogP contribution < -0.4 is 5.14 Å². The number of hydrogen-bond donors (Lipinski definition) is 1. The molecule has 0 bridgehead atoms. The molecule has 0 heterocycles. The molecule has 0 spiro atoms. The lowest BCUT2D eigenvalue weighted by molar-refractivity contribution is 0.599. The molecular formula is C16H13NO2S. The first-order valence-electron chi connectivity index (χ1n) is 6.17. The van der Waals surface area contributed by atoms with Gasteiger partial charge in [-0.15, -0.1) is 0 Å². The molecule has 3 aromatic carbocycles. The van der Waals surface area contributed by atoms with Crippen molar-refractivity contribution in [3.05, 3.63) is 66.7 Å². The molecule has 3 rings (SSSR count). The second-order valence-electron chi connectivity index (χ2n) is 4.57. The highest BCUT2D eigenvalue weighted by molar-refractivity contribution is 7.89. The van der Waals surface area contributed by atoms with Crippen LogP contribution in [0.3, 0.4) is 0 Å². The molecule has 0 amide bonds. The van der Waals surface area contributed by atoms with Gasteiger partial charge in [-0.25, -0.2) is 13.6 Å². The van der Waals surface area contributed by atoms with E-state index in [2.05, 4.69) is 0 Å². The van der Waals surface area contributed by atoms with E-state index in [-0.39, 0.29) is 4.90 Å². The molecule has 0 aromatic heterocycles. The Balaban J connectivity index is 2.45. The van der Waals surface area contributed by atoms with Crippen LogP contribution in [0.2, 0.25) is 0 Å². The monoisotopic (exact) mass is 283 g/mol. The molecule has 0 saturated carbocycles. The zero-order chi connectivity index (χ0) is 14.2. The second kappa shape index (κ2) is 4.74. The van der Waals surface area contributed by atoms with E-state index >= 15 is 0 Å². The van der Waals surface area contributed by atoms with Gasteiger partial charge in [-0.2, -0.15) is 0 Å². The van der Waals surface area contributed by atoms with Gasteiger partial charge in [0, 0.05) is 10.9 Å². The standard InChI is InChI=1S/C16H13NO2S/c17-20(18,19)16-14-9-5-4-8-13(14)10-11-15(16)12-6-2-1-3-7-12/h1-11H,(H2,17,18,19). The van der Waals surface area contributed by atoms with Crippen LogP contribution in [0.1, 0.15) is 0 Å². The van der Waals surface area contributed by atoms with Crippen LogP contribution in [0.15, 0.2) is 71.6 Å². The predicted octanol–water partition coefficient (Wildman–Crippen LogP) is 3.15. The van der Waals surface area contributed by atoms with Gasteiger partial charge in [0.15, 0.2) is 0 Å². The fraction of sp³-hybridized carbons (Fsp3) is 0. The minimum absolute atomic E-state index is 0.182. The maximum atomic E-state index is 12.0. The molecule has 3 aromatic rings. The normalized spacial score (nSPS) is 11.7. The van der Waals surface area contributed by atoms with E-state index < -0.39 is 10.0 Å². The fourth-order valence-corrected chi connectivity index (χ4v) is 3.38. The van der Waals surface area contributed by atoms with Crippen molar-refractivity contribution in [1.29, 1.82) is 0 Å². The van der Waals surface area contributed by atoms with Gasteiger partial charge in [0.05, 0.1) is 4.90 Å². The Morgan fingerprint density at radius 1 is 0.750 bits per heavy atom. The van der Waals surface area contributed by atoms with Crippen molar-refractivity contribution >= 4 is 20.8 Å². The highest BCUT2D eigenvalue weighted by Crippen LogP contribution is 2.32. The van der Waals surface area contributed by atoms with Crippen LogP contribution in [0.4, 0.5) is 0 Å². The quantitative estimate of drug-likeness (QED) is 0.785. The Hall–Kier alpha value is -2.17. The Morgan fingerprint density at radius 3 is 2.10 bits per heavy atom. The van der Waals surface area contributed by atoms with E-state index in [1.807, 2.05) is 54.6 Å². The molecule has 0 saturated heterocycles. The number of rotatable bonds is 2. The third kappa shape index (κ3) is 2.19. The molecular weight excluding hydrogens is 270 g/mol. The lowest BCUT2D eigenvalue weighted by atomic mass is 10.0. The van der Waals surface area contributed by atoms with E-state index in [1.54, 1.807) is 12.1 Å². The van der Waals surface area contributed by atoms with Crippen LogP contribution in [0.25, 0.3) is 21.9 Å². The van der Waals surface area contributed by atoms with Gasteiger partial charge in [-0.3, -0.25) is 0 Å². The summed E-state index contributed by atoms with van der Waals surface area (Å²) in [4.78, 5) is 0.182. The zero-order valence-corrected chi connectivity index (χ0v) is 11.5. The van der Waals surface area contributed by atoms with Gasteiger partial charge in [-0.05, 0) is 10.9 Å². The third-order valence-electron chi connectivity index (χ3n) is 3.25. The van der Waals surface area contributed by atoms with E-state index in [4.69, 9.17) is 5.14 Å². The van der Waals surface area contributed by atoms with Gasteiger partial charge in [0.1, 0.15) is 0 Å². The van der Waals surface area contributed by atoms with Gasteiger partial charge in [0.2, 0.25) is 10.0 Å². The first-order chi connectivity index (χ1) is 9.57. The molecule has 0 aliphatic carbocycles. The van der Waals surface area contributed by atoms with Crippen LogP contribution >= 0.6 is 0 Å². The Morgan fingerprint density at radius 2 is 1.40 bits per heavy atom. The van der Waals surface area contributed by atoms with Crippen molar-refractivity contribution in [2.24, 2.45) is 5.14 Å². The SMILES string of the molecule is NS(=O)(=O)c1c(-c2ccccc2)ccc2ccccc12. The van der Waals surface area contributed by atoms with Crippen molar-refractivity contribution < 1.29 is 8.42 Å². The fourth-order valence-electron chi connectivity index (χ4n) is 2.39. The maximum absolute atomic E-state index is 12.0. The highest BCUT2D eigenvalue weighted by atomic mass is 32.2. The molecule has 2 N–H and O–H groups in total. The number of primary sulfonamides is 1. The van der Waals surface area contributed by atoms with Crippen molar-refractivity contribution in [2.75, 3.05) is 0 Å². The molecule has 3 nitrogen and oxygen atoms in total. The lowest BCUT2D eigenvalue weighted by Crippen LogP contribution is -2.14. The Kier molecular flexibility index (Phi) is 3.04. The summed E-state index contributed by atoms with van der Waals surface area (Å²) in [5, 5.41) is 6.94. The first-order valence-corrected chi connectivity index (χ1v) is 7.72. The van der Waals surface area contributed by atoms with Gasteiger partial charge < -0.3 is 0 Å². The van der Waals surface area contributed by atoms with Gasteiger partial charge in [0.25, 0.3) is 0 Å². The molecule has 0 fully saturated rings. The summed E-state index contributed by atoms with van der Waals surface area (Å²) in [5.41, 5.74) is 1.47. The zero-order valence-electron chi connectivity index (χ0n) is 10.7. The summed E-state index contributed by atoms with van der Waals surface area (Å²) in [6.07, 6.45) is 0. The van der Waals surface area contributed by atoms with Gasteiger partial charge in [-0.1, -0.05) is 66.7 Å². The van der Waals surface area contributed by atoms with Crippen molar-refractivity contribution in [2.45, 2.75) is 4.90 Å². The summed E-state index contributed by atoms with van der Waals surface area (Å²) in [6.45, 7) is 0. The summed E-state index contributed by atoms with van der Waals surface area (Å²) in [6, 6.07) is 20.4. The predicted molar refractivity (Wildman–Crippen MR) is 80.8 cm³/mol. The van der Waals surface area contributed by atoms with Crippen LogP contribution in [0.5, 0.6) is 0 Å². The minimum atomic E-state index is -3.81. The summed E-state index contributed by atoms with van der Waals surface area (Å²) >= 11 is 0. The van der Waals surface area contributed by atoms with E-state index in [1.165, 1.54) is 0 Å². The Bertz CT molecular complexity index is 871. The molecule has 100 valence electrons. The summed E-state index contributed by atoms with van der Waals surface area (Å²) < 4.78 is 24.0. The number of nitrogens with two attached hydrogens (primary N) is 1. The van der Waals surface area contributed by atoms with Crippen LogP contribution in [-0.2, 0) is 10.0 Å². The van der Waals surface area contributed by atoms with Crippen LogP contribution in [-0.4, -0.2) is 8.42 Å². The maximum Gasteiger partial charge on any atom is 0.239 e. The molecule has 20 heavy (non-hydrogen) atoms. The Labute approximate surface area is 117 Å². The summed E-state index contributed by atoms with van der Waals surface area (Å²) in [7, 11) is -3.81. The smallest absolute Gasteiger partial charge is 0.225 e. The molecule has 0 aliphatic heterocycles. The highest BCUT2D eigenvalue weighted by Gasteiger charge is 2.18. The summed E-state index contributed by atoms with van der Waals surface area (Å²) in [5.74, 6) is 0. The van der Waals surface area contributed by atoms with E-state index in [0.29, 0.717) is 10.9 Å². The van der Waals surface area contributed by atoms with E-state index in [9.17, 15) is 8.42 Å². The number of hydrogen-bond acceptors (Lipinski definition) is 2. The second-order valence-corrected chi connectivity index (χ2v) is 6.07. The minimum Gasteiger partial charge on any atom is -0.225 e. The molecule has 4 heteroatoms. The molecule has 0 unspecified atom stereocenters. The van der Waals surface area contributed by atoms with Crippen molar-refractivity contribution in [1.82, 2.24) is 0 Å². The number of fused-ring (bicyclic) bond motifs is 1. The molecule has 0 radical (unpaired) electrons. The van der Waals surface area contributed by atoms with Gasteiger partial charge >= 0.3 is 0 Å². The number of sulfonamides is 1. The average Bonchev–Trinajstić information content (AvgIpc) is 2.46. The van der Waals surface area contributed by atoms with Crippen molar-refractivity contribution in [3.8, 4) is 11.1 Å². The van der Waals surface area contributed by atoms with Crippen molar-refractivity contribution in [3.63, 3.8) is 0 Å². The topological polar surface area (TPSA) is 60.2 Å². The largest absolute Gasteiger partial charge is 0.239 e. The third-order valence-corrected chi connectivity index (χ3v) is 4.26. The van der Waals surface area contributed by atoms with E-state index in [0.717, 1.165) is 10.9 Å². The lowest BCUT2D eigenvalue weighted by Gasteiger charge is -2.11. The number of benzene rings is 3. The molecule has 0 aliphatic rings. The van der Waals surface area contributed by atoms with Crippen LogP contribution in [0, 0.1) is 0 Å². The average molecular weight is 283 g/mol. The molecule has 0 atom stereocenters. The first kappa shape index (κ1) is 12.8.